The summed E-state index contributed by atoms with van der Waals surface area (Å²) in [5, 5.41) is 0. The number of hydrogen-bond acceptors (Lipinski definition) is 2. The fraction of sp³-hybridized carbons (Fsp3) is 0.632. The maximum atomic E-state index is 6.01. The first kappa shape index (κ1) is 19.0. The second kappa shape index (κ2) is 7.96. The van der Waals surface area contributed by atoms with Gasteiger partial charge in [-0.3, -0.25) is 0 Å². The zero-order valence-corrected chi connectivity index (χ0v) is 15.7. The highest BCUT2D eigenvalue weighted by Gasteiger charge is 2.20. The number of ether oxygens (including phenoxy) is 1. The molecule has 0 bridgehead atoms. The van der Waals surface area contributed by atoms with E-state index in [0.29, 0.717) is 16.8 Å². The summed E-state index contributed by atoms with van der Waals surface area (Å²) in [5.74, 6) is 2.00. The molecule has 0 spiro atoms. The normalized spacial score (nSPS) is 13.2. The summed E-state index contributed by atoms with van der Waals surface area (Å²) in [7, 11) is 0. The molecule has 1 aromatic carbocycles. The molecular weight excluding hydrogens is 290 g/mol. The first-order valence-corrected chi connectivity index (χ1v) is 8.55. The molecule has 0 aliphatic heterocycles. The van der Waals surface area contributed by atoms with E-state index in [1.165, 1.54) is 11.1 Å². The van der Waals surface area contributed by atoms with E-state index in [9.17, 15) is 0 Å². The van der Waals surface area contributed by atoms with Gasteiger partial charge in [0.15, 0.2) is 0 Å². The van der Waals surface area contributed by atoms with Crippen molar-refractivity contribution in [1.82, 2.24) is 0 Å². The molecule has 2 nitrogen and oxygen atoms in total. The zero-order valence-electron chi connectivity index (χ0n) is 14.9. The van der Waals surface area contributed by atoms with Crippen LogP contribution in [0.25, 0.3) is 0 Å². The van der Waals surface area contributed by atoms with Crippen molar-refractivity contribution in [3.8, 4) is 5.75 Å². The topological polar surface area (TPSA) is 35.2 Å². The van der Waals surface area contributed by atoms with E-state index < -0.39 is 0 Å². The maximum absolute atomic E-state index is 6.01. The van der Waals surface area contributed by atoms with E-state index in [4.69, 9.17) is 22.7 Å². The van der Waals surface area contributed by atoms with E-state index in [0.717, 1.165) is 25.2 Å². The van der Waals surface area contributed by atoms with Crippen LogP contribution in [0.4, 0.5) is 0 Å². The predicted octanol–water partition coefficient (Wildman–Crippen LogP) is 4.87. The van der Waals surface area contributed by atoms with Crippen LogP contribution in [0, 0.1) is 11.8 Å². The second-order valence-corrected chi connectivity index (χ2v) is 8.29. The Kier molecular flexibility index (Phi) is 6.86. The van der Waals surface area contributed by atoms with Crippen molar-refractivity contribution in [3.63, 3.8) is 0 Å². The predicted molar refractivity (Wildman–Crippen MR) is 99.7 cm³/mol. The Bertz CT molecular complexity index is 503. The molecule has 1 atom stereocenters. The number of nitrogens with two attached hydrogens (primary N) is 1. The van der Waals surface area contributed by atoms with Gasteiger partial charge >= 0.3 is 0 Å². The molecule has 0 aliphatic rings. The molecule has 0 radical (unpaired) electrons. The Labute approximate surface area is 141 Å². The average Bonchev–Trinajstić information content (AvgIpc) is 2.34. The van der Waals surface area contributed by atoms with Crippen LogP contribution in [0.1, 0.15) is 59.1 Å². The van der Waals surface area contributed by atoms with E-state index >= 15 is 0 Å². The Hall–Kier alpha value is -1.09. The molecule has 3 heteroatoms. The van der Waals surface area contributed by atoms with Gasteiger partial charge in [0, 0.05) is 6.42 Å². The van der Waals surface area contributed by atoms with Crippen LogP contribution in [0.3, 0.4) is 0 Å². The van der Waals surface area contributed by atoms with Gasteiger partial charge in [-0.25, -0.2) is 0 Å². The summed E-state index contributed by atoms with van der Waals surface area (Å²) in [5.41, 5.74) is 8.31. The van der Waals surface area contributed by atoms with Crippen molar-refractivity contribution >= 4 is 17.2 Å². The van der Waals surface area contributed by atoms with Crippen LogP contribution in [-0.4, -0.2) is 11.6 Å². The van der Waals surface area contributed by atoms with E-state index in [1.54, 1.807) is 0 Å². The van der Waals surface area contributed by atoms with Gasteiger partial charge in [0.2, 0.25) is 0 Å². The van der Waals surface area contributed by atoms with Gasteiger partial charge in [-0.2, -0.15) is 0 Å². The number of rotatable bonds is 7. The van der Waals surface area contributed by atoms with Crippen molar-refractivity contribution in [3.05, 3.63) is 29.3 Å². The molecule has 0 aliphatic carbocycles. The molecular formula is C19H31NOS. The first-order chi connectivity index (χ1) is 10.1. The zero-order chi connectivity index (χ0) is 16.9. The van der Waals surface area contributed by atoms with E-state index in [-0.39, 0.29) is 5.41 Å². The quantitative estimate of drug-likeness (QED) is 0.727. The van der Waals surface area contributed by atoms with Gasteiger partial charge < -0.3 is 10.5 Å². The molecule has 0 saturated carbocycles. The number of thiocarbonyl (C=S) groups is 1. The molecule has 1 rings (SSSR count). The van der Waals surface area contributed by atoms with Gasteiger partial charge in [0.25, 0.3) is 0 Å². The first-order valence-electron chi connectivity index (χ1n) is 8.14. The molecule has 22 heavy (non-hydrogen) atoms. The van der Waals surface area contributed by atoms with Crippen molar-refractivity contribution in [2.24, 2.45) is 17.6 Å². The Morgan fingerprint density at radius 2 is 1.86 bits per heavy atom. The Morgan fingerprint density at radius 3 is 2.36 bits per heavy atom. The van der Waals surface area contributed by atoms with Crippen molar-refractivity contribution in [2.45, 2.75) is 59.8 Å². The molecule has 1 aromatic rings. The third-order valence-corrected chi connectivity index (χ3v) is 3.72. The van der Waals surface area contributed by atoms with Gasteiger partial charge in [-0.05, 0) is 40.9 Å². The third kappa shape index (κ3) is 6.35. The largest absolute Gasteiger partial charge is 0.493 e. The summed E-state index contributed by atoms with van der Waals surface area (Å²) in [6.07, 6.45) is 1.79. The lowest BCUT2D eigenvalue weighted by molar-refractivity contribution is 0.265. The average molecular weight is 322 g/mol. The van der Waals surface area contributed by atoms with Crippen LogP contribution in [-0.2, 0) is 11.8 Å². The van der Waals surface area contributed by atoms with Crippen LogP contribution in [0.2, 0.25) is 0 Å². The standard InChI is InChI=1S/C19H31NOS/c1-13(2)12-21-17-8-7-15(9-14(3)10-18(20)22)11-16(17)19(4,5)6/h7-8,11,13-14H,9-10,12H2,1-6H3,(H2,20,22). The smallest absolute Gasteiger partial charge is 0.123 e. The molecule has 0 aromatic heterocycles. The SMILES string of the molecule is CC(C)COc1ccc(CC(C)CC(N)=S)cc1C(C)(C)C. The highest BCUT2D eigenvalue weighted by molar-refractivity contribution is 7.80. The fourth-order valence-electron chi connectivity index (χ4n) is 2.49. The molecule has 0 heterocycles. The van der Waals surface area contributed by atoms with Crippen LogP contribution >= 0.6 is 12.2 Å². The van der Waals surface area contributed by atoms with E-state index in [2.05, 4.69) is 59.7 Å². The summed E-state index contributed by atoms with van der Waals surface area (Å²) >= 11 is 5.01. The summed E-state index contributed by atoms with van der Waals surface area (Å²) in [4.78, 5) is 0.598. The van der Waals surface area contributed by atoms with Crippen molar-refractivity contribution in [2.75, 3.05) is 6.61 Å². The lowest BCUT2D eigenvalue weighted by atomic mass is 9.84. The second-order valence-electron chi connectivity index (χ2n) is 7.77. The Balaban J connectivity index is 2.97. The summed E-state index contributed by atoms with van der Waals surface area (Å²) in [6, 6.07) is 6.57. The van der Waals surface area contributed by atoms with Crippen LogP contribution < -0.4 is 10.5 Å². The molecule has 1 unspecified atom stereocenters. The van der Waals surface area contributed by atoms with Crippen LogP contribution in [0.15, 0.2) is 18.2 Å². The van der Waals surface area contributed by atoms with Crippen molar-refractivity contribution < 1.29 is 4.74 Å². The summed E-state index contributed by atoms with van der Waals surface area (Å²) < 4.78 is 6.01. The van der Waals surface area contributed by atoms with Crippen molar-refractivity contribution in [1.29, 1.82) is 0 Å². The minimum atomic E-state index is 0.0642. The lowest BCUT2D eigenvalue weighted by Crippen LogP contribution is -2.17. The molecule has 0 saturated heterocycles. The molecule has 124 valence electrons. The van der Waals surface area contributed by atoms with Crippen LogP contribution in [0.5, 0.6) is 5.75 Å². The minimum Gasteiger partial charge on any atom is -0.493 e. The number of hydrogen-bond donors (Lipinski definition) is 1. The third-order valence-electron chi connectivity index (χ3n) is 3.56. The fourth-order valence-corrected chi connectivity index (χ4v) is 2.78. The summed E-state index contributed by atoms with van der Waals surface area (Å²) in [6.45, 7) is 14.0. The molecule has 0 amide bonds. The monoisotopic (exact) mass is 321 g/mol. The highest BCUT2D eigenvalue weighted by Crippen LogP contribution is 2.33. The van der Waals surface area contributed by atoms with Gasteiger partial charge in [-0.1, -0.05) is 65.9 Å². The van der Waals surface area contributed by atoms with Gasteiger partial charge in [0.1, 0.15) is 5.75 Å². The van der Waals surface area contributed by atoms with Gasteiger partial charge in [0.05, 0.1) is 11.6 Å². The van der Waals surface area contributed by atoms with Gasteiger partial charge in [-0.15, -0.1) is 0 Å². The maximum Gasteiger partial charge on any atom is 0.123 e. The Morgan fingerprint density at radius 1 is 1.23 bits per heavy atom. The van der Waals surface area contributed by atoms with E-state index in [1.807, 2.05) is 0 Å². The highest BCUT2D eigenvalue weighted by atomic mass is 32.1. The molecule has 2 N–H and O–H groups in total. The lowest BCUT2D eigenvalue weighted by Gasteiger charge is -2.25. The number of benzene rings is 1. The molecule has 0 fully saturated rings. The minimum absolute atomic E-state index is 0.0642.